The van der Waals surface area contributed by atoms with Crippen LogP contribution in [0.5, 0.6) is 0 Å². The quantitative estimate of drug-likeness (QED) is 0.594. The third-order valence-corrected chi connectivity index (χ3v) is 5.49. The molecule has 1 fully saturated rings. The SMILES string of the molecule is CCNC(=NCC(c1ccccc1)N(C)C)NCC1CCCS1. The molecule has 0 aromatic heterocycles. The number of aliphatic imine (C=N–C) groups is 1. The van der Waals surface area contributed by atoms with Crippen LogP contribution in [0.4, 0.5) is 0 Å². The second kappa shape index (κ2) is 9.83. The van der Waals surface area contributed by atoms with Crippen molar-refractivity contribution in [2.45, 2.75) is 31.1 Å². The van der Waals surface area contributed by atoms with Crippen LogP contribution >= 0.6 is 11.8 Å². The summed E-state index contributed by atoms with van der Waals surface area (Å²) in [4.78, 5) is 7.05. The Labute approximate surface area is 145 Å². The molecule has 0 radical (unpaired) electrons. The summed E-state index contributed by atoms with van der Waals surface area (Å²) in [6, 6.07) is 10.9. The van der Waals surface area contributed by atoms with Gasteiger partial charge in [0.1, 0.15) is 0 Å². The number of nitrogens with one attached hydrogen (secondary N) is 2. The van der Waals surface area contributed by atoms with Crippen LogP contribution in [0, 0.1) is 0 Å². The van der Waals surface area contributed by atoms with Crippen molar-refractivity contribution in [3.63, 3.8) is 0 Å². The van der Waals surface area contributed by atoms with Crippen molar-refractivity contribution in [2.24, 2.45) is 4.99 Å². The molecular weight excluding hydrogens is 304 g/mol. The predicted molar refractivity (Wildman–Crippen MR) is 102 cm³/mol. The molecule has 2 rings (SSSR count). The molecule has 1 aliphatic heterocycles. The summed E-state index contributed by atoms with van der Waals surface area (Å²) in [5.74, 6) is 2.24. The van der Waals surface area contributed by atoms with Crippen LogP contribution in [0.2, 0.25) is 0 Å². The molecule has 128 valence electrons. The third-order valence-electron chi connectivity index (χ3n) is 4.10. The molecule has 1 heterocycles. The van der Waals surface area contributed by atoms with Crippen molar-refractivity contribution in [2.75, 3.05) is 39.5 Å². The number of nitrogens with zero attached hydrogens (tertiary/aromatic N) is 2. The summed E-state index contributed by atoms with van der Waals surface area (Å²) in [6.07, 6.45) is 2.67. The third kappa shape index (κ3) is 6.07. The fourth-order valence-electron chi connectivity index (χ4n) is 2.78. The first-order valence-electron chi connectivity index (χ1n) is 8.56. The van der Waals surface area contributed by atoms with E-state index in [1.807, 2.05) is 0 Å². The molecule has 0 amide bonds. The van der Waals surface area contributed by atoms with E-state index in [1.165, 1.54) is 24.2 Å². The van der Waals surface area contributed by atoms with Crippen LogP contribution in [-0.4, -0.2) is 55.6 Å². The zero-order valence-electron chi connectivity index (χ0n) is 14.6. The summed E-state index contributed by atoms with van der Waals surface area (Å²) in [5, 5.41) is 7.61. The Morgan fingerprint density at radius 3 is 2.70 bits per heavy atom. The van der Waals surface area contributed by atoms with Gasteiger partial charge in [-0.25, -0.2) is 0 Å². The molecule has 0 spiro atoms. The average Bonchev–Trinajstić information content (AvgIpc) is 3.07. The van der Waals surface area contributed by atoms with E-state index in [0.717, 1.165) is 30.8 Å². The van der Waals surface area contributed by atoms with Crippen LogP contribution in [0.15, 0.2) is 35.3 Å². The van der Waals surface area contributed by atoms with E-state index in [2.05, 4.69) is 78.6 Å². The maximum absolute atomic E-state index is 4.82. The number of benzene rings is 1. The lowest BCUT2D eigenvalue weighted by Gasteiger charge is -2.24. The molecule has 1 aromatic rings. The summed E-state index contributed by atoms with van der Waals surface area (Å²) in [7, 11) is 4.23. The van der Waals surface area contributed by atoms with Gasteiger partial charge < -0.3 is 15.5 Å². The van der Waals surface area contributed by atoms with Gasteiger partial charge in [0, 0.05) is 18.3 Å². The van der Waals surface area contributed by atoms with E-state index in [0.29, 0.717) is 6.04 Å². The van der Waals surface area contributed by atoms with Gasteiger partial charge >= 0.3 is 0 Å². The monoisotopic (exact) mass is 334 g/mol. The molecule has 4 nitrogen and oxygen atoms in total. The van der Waals surface area contributed by atoms with Gasteiger partial charge in [0.25, 0.3) is 0 Å². The molecule has 5 heteroatoms. The number of rotatable bonds is 7. The molecule has 2 unspecified atom stereocenters. The highest BCUT2D eigenvalue weighted by molar-refractivity contribution is 8.00. The standard InChI is InChI=1S/C18H30N4S/c1-4-19-18(20-13-16-11-8-12-23-16)21-14-17(22(2)3)15-9-6-5-7-10-15/h5-7,9-10,16-17H,4,8,11-14H2,1-3H3,(H2,19,20,21). The first-order chi connectivity index (χ1) is 11.2. The van der Waals surface area contributed by atoms with Crippen LogP contribution in [0.3, 0.4) is 0 Å². The fraction of sp³-hybridized carbons (Fsp3) is 0.611. The Kier molecular flexibility index (Phi) is 7.76. The van der Waals surface area contributed by atoms with E-state index in [-0.39, 0.29) is 0 Å². The second-order valence-electron chi connectivity index (χ2n) is 6.13. The lowest BCUT2D eigenvalue weighted by Crippen LogP contribution is -2.40. The van der Waals surface area contributed by atoms with Crippen LogP contribution in [0.25, 0.3) is 0 Å². The minimum absolute atomic E-state index is 0.299. The van der Waals surface area contributed by atoms with Crippen molar-refractivity contribution in [3.05, 3.63) is 35.9 Å². The van der Waals surface area contributed by atoms with Gasteiger partial charge in [-0.3, -0.25) is 4.99 Å². The molecule has 0 bridgehead atoms. The maximum Gasteiger partial charge on any atom is 0.191 e. The summed E-state index contributed by atoms with van der Waals surface area (Å²) < 4.78 is 0. The number of hydrogen-bond acceptors (Lipinski definition) is 3. The molecular formula is C18H30N4S. The van der Waals surface area contributed by atoms with Gasteiger partial charge in [0.15, 0.2) is 5.96 Å². The smallest absolute Gasteiger partial charge is 0.191 e. The van der Waals surface area contributed by atoms with Crippen molar-refractivity contribution < 1.29 is 0 Å². The highest BCUT2D eigenvalue weighted by atomic mass is 32.2. The molecule has 1 aromatic carbocycles. The number of guanidine groups is 1. The van der Waals surface area contributed by atoms with Crippen LogP contribution < -0.4 is 10.6 Å². The lowest BCUT2D eigenvalue weighted by molar-refractivity contribution is 0.306. The molecule has 2 atom stereocenters. The second-order valence-corrected chi connectivity index (χ2v) is 7.53. The normalized spacial score (nSPS) is 19.8. The van der Waals surface area contributed by atoms with E-state index >= 15 is 0 Å². The molecule has 23 heavy (non-hydrogen) atoms. The van der Waals surface area contributed by atoms with Gasteiger partial charge in [-0.1, -0.05) is 30.3 Å². The highest BCUT2D eigenvalue weighted by Gasteiger charge is 2.16. The zero-order chi connectivity index (χ0) is 16.5. The van der Waals surface area contributed by atoms with Crippen molar-refractivity contribution >= 4 is 17.7 Å². The Morgan fingerprint density at radius 2 is 2.09 bits per heavy atom. The minimum atomic E-state index is 0.299. The number of hydrogen-bond donors (Lipinski definition) is 2. The van der Waals surface area contributed by atoms with Crippen molar-refractivity contribution in [1.29, 1.82) is 0 Å². The predicted octanol–water partition coefficient (Wildman–Crippen LogP) is 2.74. The van der Waals surface area contributed by atoms with Crippen molar-refractivity contribution in [1.82, 2.24) is 15.5 Å². The van der Waals surface area contributed by atoms with Gasteiger partial charge in [0.2, 0.25) is 0 Å². The van der Waals surface area contributed by atoms with Gasteiger partial charge in [-0.05, 0) is 45.2 Å². The topological polar surface area (TPSA) is 39.7 Å². The van der Waals surface area contributed by atoms with Gasteiger partial charge in [-0.2, -0.15) is 11.8 Å². The maximum atomic E-state index is 4.82. The highest BCUT2D eigenvalue weighted by Crippen LogP contribution is 2.25. The first-order valence-corrected chi connectivity index (χ1v) is 9.60. The van der Waals surface area contributed by atoms with Gasteiger partial charge in [-0.15, -0.1) is 0 Å². The molecule has 1 aliphatic rings. The van der Waals surface area contributed by atoms with Crippen molar-refractivity contribution in [3.8, 4) is 0 Å². The largest absolute Gasteiger partial charge is 0.357 e. The molecule has 1 saturated heterocycles. The van der Waals surface area contributed by atoms with Gasteiger partial charge in [0.05, 0.1) is 12.6 Å². The van der Waals surface area contributed by atoms with E-state index < -0.39 is 0 Å². The first kappa shape index (κ1) is 18.1. The Hall–Kier alpha value is -1.20. The van der Waals surface area contributed by atoms with Crippen LogP contribution in [0.1, 0.15) is 31.4 Å². The minimum Gasteiger partial charge on any atom is -0.357 e. The molecule has 0 aliphatic carbocycles. The van der Waals surface area contributed by atoms with E-state index in [9.17, 15) is 0 Å². The summed E-state index contributed by atoms with van der Waals surface area (Å²) in [6.45, 7) is 4.77. The van der Waals surface area contributed by atoms with E-state index in [4.69, 9.17) is 4.99 Å². The lowest BCUT2D eigenvalue weighted by atomic mass is 10.1. The Morgan fingerprint density at radius 1 is 1.30 bits per heavy atom. The summed E-state index contributed by atoms with van der Waals surface area (Å²) in [5.41, 5.74) is 1.31. The Bertz CT molecular complexity index is 469. The number of thioether (sulfide) groups is 1. The average molecular weight is 335 g/mol. The zero-order valence-corrected chi connectivity index (χ0v) is 15.4. The van der Waals surface area contributed by atoms with E-state index in [1.54, 1.807) is 0 Å². The molecule has 2 N–H and O–H groups in total. The number of likely N-dealkylation sites (N-methyl/N-ethyl adjacent to an activating group) is 1. The van der Waals surface area contributed by atoms with Crippen LogP contribution in [-0.2, 0) is 0 Å². The molecule has 0 saturated carbocycles. The fourth-order valence-corrected chi connectivity index (χ4v) is 3.98. The Balaban J connectivity index is 1.95. The summed E-state index contributed by atoms with van der Waals surface area (Å²) >= 11 is 2.08.